The first kappa shape index (κ1) is 57.6. The molecule has 0 bridgehead atoms. The lowest BCUT2D eigenvalue weighted by Gasteiger charge is -2.34. The molecule has 2 aromatic rings. The first-order valence-electron chi connectivity index (χ1n) is 18.0. The number of hydrogen-bond donors (Lipinski definition) is 14. The molecule has 2 aliphatic heterocycles. The summed E-state index contributed by atoms with van der Waals surface area (Å²) in [4.78, 5) is 109. The highest BCUT2D eigenvalue weighted by molar-refractivity contribution is 7.67. The summed E-state index contributed by atoms with van der Waals surface area (Å²) in [6.07, 6.45) is -16.0. The third-order valence-corrected chi connectivity index (χ3v) is 16.8. The minimum atomic E-state index is -6.05. The van der Waals surface area contributed by atoms with Crippen LogP contribution in [0.3, 0.4) is 0 Å². The van der Waals surface area contributed by atoms with E-state index < -0.39 is 130 Å². The minimum absolute atomic E-state index is 0.0502. The van der Waals surface area contributed by atoms with Crippen LogP contribution in [-0.2, 0) is 63.2 Å². The largest absolute Gasteiger partial charge is 0.490 e. The maximum absolute atomic E-state index is 16.1. The topological polar surface area (TPSA) is 524 Å². The van der Waals surface area contributed by atoms with E-state index in [2.05, 4.69) is 61.7 Å². The maximum Gasteiger partial charge on any atom is 0.490 e. The molecule has 68 heavy (non-hydrogen) atoms. The molecule has 2 aliphatic rings. The predicted molar refractivity (Wildman–Crippen MR) is 218 cm³/mol. The number of anilines is 2. The molecule has 41 heteroatoms. The number of phosphoric acid groups is 6. The van der Waals surface area contributed by atoms with Crippen LogP contribution in [0.15, 0.2) is 21.9 Å². The van der Waals surface area contributed by atoms with E-state index in [0.29, 0.717) is 10.8 Å². The first-order chi connectivity index (χ1) is 30.8. The molecule has 2 saturated heterocycles. The Morgan fingerprint density at radius 3 is 1.69 bits per heavy atom. The number of halogens is 1. The minimum Gasteiger partial charge on any atom is -0.387 e. The third kappa shape index (κ3) is 13.7. The Kier molecular flexibility index (Phi) is 17.4. The fourth-order valence-electron chi connectivity index (χ4n) is 6.56. The van der Waals surface area contributed by atoms with Crippen molar-refractivity contribution in [3.8, 4) is 23.7 Å². The average molecular weight is 1100 g/mol. The molecule has 0 amide bonds. The second-order valence-corrected chi connectivity index (χ2v) is 22.7. The molecule has 0 aliphatic carbocycles. The van der Waals surface area contributed by atoms with E-state index in [0.717, 1.165) is 24.5 Å². The van der Waals surface area contributed by atoms with Crippen LogP contribution in [0, 0.1) is 36.4 Å². The highest BCUT2D eigenvalue weighted by Gasteiger charge is 2.61. The molecule has 16 N–H and O–H groups in total. The van der Waals surface area contributed by atoms with Crippen molar-refractivity contribution in [2.75, 3.05) is 11.2 Å². The number of rotatable bonds is 19. The van der Waals surface area contributed by atoms with Crippen LogP contribution in [0.5, 0.6) is 0 Å². The molecule has 4 rings (SSSR count). The molecular weight excluding hydrogens is 1060 g/mol. The lowest BCUT2D eigenvalue weighted by Crippen LogP contribution is -2.60. The zero-order valence-electron chi connectivity index (χ0n) is 34.8. The van der Waals surface area contributed by atoms with E-state index in [4.69, 9.17) is 49.6 Å². The van der Waals surface area contributed by atoms with Gasteiger partial charge in [0.2, 0.25) is 0 Å². The Hall–Kier alpha value is -3.01. The number of nitrogens with zero attached hydrogens (tertiary/aromatic N) is 4. The fraction of sp³-hybridized carbons (Fsp3) is 0.556. The number of nitrogen functional groups attached to an aromatic ring is 1. The molecule has 34 nitrogen and oxygen atoms in total. The SMILES string of the molecule is CC#CC1(N)[C@@H](O)[C@@H]([C@@H](C)OP(=O)(O)OP(=O)(O)OP(=O)(O)O)O[C@H]1n1cc(F)c(NNC2(C#CC)[C@@H](O)[C@@H]([C@H](C)OP(=O)(O)OP(=O)(O)OP(=O)(O)O)O[C@H]2n2c(C)cc(N)nc2=O)nc1=O. The van der Waals surface area contributed by atoms with Gasteiger partial charge in [-0.1, -0.05) is 11.8 Å². The smallest absolute Gasteiger partial charge is 0.387 e. The highest BCUT2D eigenvalue weighted by Crippen LogP contribution is 2.68. The summed E-state index contributed by atoms with van der Waals surface area (Å²) in [6.45, 7) is 5.48. The summed E-state index contributed by atoms with van der Waals surface area (Å²) < 4.78 is 124. The molecule has 2 aromatic heterocycles. The van der Waals surface area contributed by atoms with Crippen LogP contribution in [0.2, 0.25) is 0 Å². The number of aryl methyl sites for hydroxylation is 1. The van der Waals surface area contributed by atoms with Crippen molar-refractivity contribution in [2.24, 2.45) is 5.73 Å². The molecule has 0 spiro atoms. The molecule has 0 saturated carbocycles. The van der Waals surface area contributed by atoms with E-state index in [9.17, 15) is 66.8 Å². The van der Waals surface area contributed by atoms with Crippen LogP contribution in [0.25, 0.3) is 0 Å². The van der Waals surface area contributed by atoms with Gasteiger partial charge in [0.15, 0.2) is 35.2 Å². The van der Waals surface area contributed by atoms with Gasteiger partial charge in [0.25, 0.3) is 0 Å². The summed E-state index contributed by atoms with van der Waals surface area (Å²) in [5, 5.41) is 23.1. The fourth-order valence-corrected chi connectivity index (χ4v) is 13.0. The van der Waals surface area contributed by atoms with Crippen LogP contribution in [0.1, 0.15) is 45.8 Å². The van der Waals surface area contributed by atoms with Crippen molar-refractivity contribution in [1.29, 1.82) is 0 Å². The van der Waals surface area contributed by atoms with Crippen LogP contribution >= 0.6 is 46.9 Å². The lowest BCUT2D eigenvalue weighted by atomic mass is 9.89. The van der Waals surface area contributed by atoms with Crippen molar-refractivity contribution in [2.45, 2.75) is 94.8 Å². The Balaban J connectivity index is 1.71. The Labute approximate surface area is 379 Å². The van der Waals surface area contributed by atoms with Crippen molar-refractivity contribution in [3.05, 3.63) is 44.7 Å². The number of nitrogens with two attached hydrogens (primary N) is 2. The molecule has 2 fully saturated rings. The normalized spacial score (nSPS) is 29.7. The molecule has 0 radical (unpaired) electrons. The van der Waals surface area contributed by atoms with Gasteiger partial charge in [0, 0.05) is 5.69 Å². The Morgan fingerprint density at radius 1 is 0.765 bits per heavy atom. The van der Waals surface area contributed by atoms with Crippen molar-refractivity contribution >= 4 is 58.6 Å². The van der Waals surface area contributed by atoms with E-state index in [1.165, 1.54) is 20.8 Å². The number of nitrogens with one attached hydrogen (secondary N) is 2. The van der Waals surface area contributed by atoms with E-state index in [-0.39, 0.29) is 11.5 Å². The summed E-state index contributed by atoms with van der Waals surface area (Å²) in [6, 6.07) is 1.15. The van der Waals surface area contributed by atoms with Crippen molar-refractivity contribution < 1.29 is 117 Å². The van der Waals surface area contributed by atoms with Gasteiger partial charge in [-0.3, -0.25) is 18.2 Å². The monoisotopic (exact) mass is 1100 g/mol. The Morgan fingerprint density at radius 2 is 1.24 bits per heavy atom. The van der Waals surface area contributed by atoms with E-state index in [1.807, 2.05) is 0 Å². The number of aliphatic hydroxyl groups is 2. The molecule has 4 heterocycles. The van der Waals surface area contributed by atoms with Crippen LogP contribution in [0.4, 0.5) is 16.0 Å². The highest BCUT2D eigenvalue weighted by atomic mass is 31.3. The molecule has 6 unspecified atom stereocenters. The number of hydrazine groups is 1. The average Bonchev–Trinajstić information content (AvgIpc) is 3.53. The number of aliphatic hydroxyl groups excluding tert-OH is 2. The van der Waals surface area contributed by atoms with Gasteiger partial charge in [-0.2, -0.15) is 27.2 Å². The zero-order chi connectivity index (χ0) is 52.0. The van der Waals surface area contributed by atoms with E-state index >= 15 is 4.39 Å². The van der Waals surface area contributed by atoms with Crippen LogP contribution in [-0.4, -0.2) is 116 Å². The number of ether oxygens (including phenoxy) is 2. The van der Waals surface area contributed by atoms with Gasteiger partial charge in [-0.25, -0.2) is 46.8 Å². The second-order valence-electron chi connectivity index (χ2n) is 14.0. The second kappa shape index (κ2) is 20.6. The quantitative estimate of drug-likeness (QED) is 0.0407. The van der Waals surface area contributed by atoms with Gasteiger partial charge >= 0.3 is 58.3 Å². The first-order valence-corrected chi connectivity index (χ1v) is 27.0. The maximum atomic E-state index is 16.1. The third-order valence-electron chi connectivity index (χ3n) is 8.93. The predicted octanol–water partition coefficient (Wildman–Crippen LogP) is -2.09. The Bertz CT molecular complexity index is 2820. The standard InChI is InChI=1S/C27H41FN8O26P6/c1-6-8-26(30)19(37)17(13(4)57-65(47,48)61-67(51,52)59-63(41,42)43)55-22(26)35-11-15(28)21(32-24(35)39)33-34-27(9-7-2)20(38)18(56-23(27)36-12(3)10-16(29)31-25(36)40)14(5)58-66(49,50)62-68(53,54)60-64(44,45)46/h10-11,13-14,17-20,22-23,34,37-38H,30H2,1-5H3,(H,47,48)(H,49,50)(H,51,52)(H,53,54)(H2,29,31,40)(H,32,33,39)(H2,41,42,43)(H2,44,45,46)/t13-,14+,17-,18-,19+,20+,22-,23-,26?,27?/m1/s1. The van der Waals surface area contributed by atoms with Gasteiger partial charge in [0.1, 0.15) is 30.2 Å². The summed E-state index contributed by atoms with van der Waals surface area (Å²) in [5.74, 6) is 6.78. The summed E-state index contributed by atoms with van der Waals surface area (Å²) in [7, 11) is -35.4. The molecule has 0 aromatic carbocycles. The van der Waals surface area contributed by atoms with Gasteiger partial charge in [0.05, 0.1) is 18.4 Å². The summed E-state index contributed by atoms with van der Waals surface area (Å²) in [5.41, 5.74) is 8.98. The molecule has 14 atom stereocenters. The molecule has 382 valence electrons. The number of phosphoric ester groups is 2. The van der Waals surface area contributed by atoms with Gasteiger partial charge in [-0.05, 0) is 40.7 Å². The van der Waals surface area contributed by atoms with Crippen molar-refractivity contribution in [3.63, 3.8) is 0 Å². The molecular formula is C27H41FN8O26P6. The zero-order valence-corrected chi connectivity index (χ0v) is 40.1. The summed E-state index contributed by atoms with van der Waals surface area (Å²) >= 11 is 0. The number of aromatic nitrogens is 4. The van der Waals surface area contributed by atoms with Crippen molar-refractivity contribution in [1.82, 2.24) is 24.5 Å². The van der Waals surface area contributed by atoms with Gasteiger partial charge < -0.3 is 75.7 Å². The lowest BCUT2D eigenvalue weighted by molar-refractivity contribution is -0.0763. The van der Waals surface area contributed by atoms with E-state index in [1.54, 1.807) is 0 Å². The van der Waals surface area contributed by atoms with Crippen LogP contribution < -0.4 is 33.7 Å². The number of hydrogen-bond acceptors (Lipinski definition) is 24. The van der Waals surface area contributed by atoms with Gasteiger partial charge in [-0.15, -0.1) is 11.8 Å².